The fraction of sp³-hybridized carbons (Fsp3) is 0.429. The molecule has 1 aromatic rings. The first-order valence-corrected chi connectivity index (χ1v) is 5.36. The number of hydrogen-bond acceptors (Lipinski definition) is 5. The molecule has 0 aromatic carbocycles. The molecule has 6 heteroatoms. The molecule has 13 heavy (non-hydrogen) atoms. The molecule has 1 aromatic heterocycles. The molecule has 4 nitrogen and oxygen atoms in total. The lowest BCUT2D eigenvalue weighted by atomic mass is 10.5. The van der Waals surface area contributed by atoms with Crippen molar-refractivity contribution in [3.63, 3.8) is 0 Å². The van der Waals surface area contributed by atoms with Crippen molar-refractivity contribution >= 4 is 33.6 Å². The predicted molar refractivity (Wildman–Crippen MR) is 56.5 cm³/mol. The van der Waals surface area contributed by atoms with Gasteiger partial charge >= 0.3 is 0 Å². The molecule has 0 aliphatic rings. The number of rotatable bonds is 3. The fourth-order valence-corrected chi connectivity index (χ4v) is 1.91. The maximum absolute atomic E-state index is 8.85. The van der Waals surface area contributed by atoms with Crippen LogP contribution in [0.2, 0.25) is 0 Å². The molecular weight excluding hydrogens is 254 g/mol. The molecule has 0 bridgehead atoms. The number of halogens is 1. The molecule has 0 saturated heterocycles. The van der Waals surface area contributed by atoms with E-state index >= 15 is 0 Å². The second kappa shape index (κ2) is 4.78. The zero-order chi connectivity index (χ0) is 9.84. The molecule has 72 valence electrons. The molecule has 0 saturated carbocycles. The van der Waals surface area contributed by atoms with Crippen LogP contribution < -0.4 is 5.73 Å². The lowest BCUT2D eigenvalue weighted by molar-refractivity contribution is 0.300. The molecule has 1 heterocycles. The zero-order valence-corrected chi connectivity index (χ0v) is 9.47. The molecule has 0 amide bonds. The summed E-state index contributed by atoms with van der Waals surface area (Å²) in [7, 11) is 0. The van der Waals surface area contributed by atoms with Crippen molar-refractivity contribution in [3.05, 3.63) is 10.7 Å². The summed E-state index contributed by atoms with van der Waals surface area (Å²) < 4.78 is 0.798. The van der Waals surface area contributed by atoms with Crippen LogP contribution >= 0.6 is 27.7 Å². The van der Waals surface area contributed by atoms with E-state index in [-0.39, 0.29) is 17.8 Å². The van der Waals surface area contributed by atoms with E-state index in [0.29, 0.717) is 0 Å². The highest BCUT2D eigenvalue weighted by molar-refractivity contribution is 9.10. The smallest absolute Gasteiger partial charge is 0.221 e. The molecule has 0 spiro atoms. The minimum Gasteiger partial charge on any atom is -0.395 e. The zero-order valence-electron chi connectivity index (χ0n) is 7.07. The second-order valence-electron chi connectivity index (χ2n) is 2.49. The van der Waals surface area contributed by atoms with Crippen molar-refractivity contribution in [2.45, 2.75) is 17.2 Å². The summed E-state index contributed by atoms with van der Waals surface area (Å²) in [5.41, 5.74) is 5.43. The highest BCUT2D eigenvalue weighted by Crippen LogP contribution is 2.28. The van der Waals surface area contributed by atoms with E-state index in [0.717, 1.165) is 9.50 Å². The van der Waals surface area contributed by atoms with Crippen LogP contribution in [-0.2, 0) is 0 Å². The Labute approximate surface area is 89.1 Å². The molecule has 3 N–H and O–H groups in total. The van der Waals surface area contributed by atoms with Crippen LogP contribution in [0.5, 0.6) is 0 Å². The average molecular weight is 264 g/mol. The van der Waals surface area contributed by atoms with Gasteiger partial charge in [0.05, 0.1) is 11.1 Å². The van der Waals surface area contributed by atoms with Crippen LogP contribution in [0, 0.1) is 0 Å². The van der Waals surface area contributed by atoms with E-state index in [1.54, 1.807) is 6.20 Å². The van der Waals surface area contributed by atoms with Crippen molar-refractivity contribution in [1.29, 1.82) is 0 Å². The van der Waals surface area contributed by atoms with Gasteiger partial charge < -0.3 is 10.8 Å². The summed E-state index contributed by atoms with van der Waals surface area (Å²) in [6.45, 7) is 2.02. The molecular formula is C7H10BrN3OS. The van der Waals surface area contributed by atoms with Crippen LogP contribution in [0.15, 0.2) is 15.7 Å². The first-order chi connectivity index (χ1) is 6.13. The summed E-state index contributed by atoms with van der Waals surface area (Å²) in [6.07, 6.45) is 1.61. The SMILES string of the molecule is CC(CO)Sc1nc(N)ncc1Br. The van der Waals surface area contributed by atoms with E-state index in [4.69, 9.17) is 10.8 Å². The van der Waals surface area contributed by atoms with Gasteiger partial charge in [0.15, 0.2) is 0 Å². The summed E-state index contributed by atoms with van der Waals surface area (Å²) >= 11 is 4.76. The lowest BCUT2D eigenvalue weighted by Crippen LogP contribution is -2.04. The third-order valence-corrected chi connectivity index (χ3v) is 3.23. The fourth-order valence-electron chi connectivity index (χ4n) is 0.675. The Morgan fingerprint density at radius 1 is 1.77 bits per heavy atom. The Hall–Kier alpha value is -0.330. The van der Waals surface area contributed by atoms with Gasteiger partial charge in [-0.3, -0.25) is 0 Å². The molecule has 0 aliphatic heterocycles. The Balaban J connectivity index is 2.81. The van der Waals surface area contributed by atoms with Gasteiger partial charge in [0.2, 0.25) is 5.95 Å². The van der Waals surface area contributed by atoms with Gasteiger partial charge in [-0.25, -0.2) is 9.97 Å². The molecule has 1 atom stereocenters. The molecule has 0 radical (unpaired) electrons. The largest absolute Gasteiger partial charge is 0.395 e. The van der Waals surface area contributed by atoms with Gasteiger partial charge in [-0.2, -0.15) is 0 Å². The second-order valence-corrected chi connectivity index (χ2v) is 4.77. The third-order valence-electron chi connectivity index (χ3n) is 1.30. The quantitative estimate of drug-likeness (QED) is 0.636. The Morgan fingerprint density at radius 3 is 3.08 bits per heavy atom. The number of aliphatic hydroxyl groups excluding tert-OH is 1. The van der Waals surface area contributed by atoms with Crippen LogP contribution in [0.1, 0.15) is 6.92 Å². The van der Waals surface area contributed by atoms with Gasteiger partial charge in [-0.1, -0.05) is 18.7 Å². The van der Waals surface area contributed by atoms with E-state index < -0.39 is 0 Å². The summed E-state index contributed by atoms with van der Waals surface area (Å²) in [6, 6.07) is 0. The monoisotopic (exact) mass is 263 g/mol. The Morgan fingerprint density at radius 2 is 2.46 bits per heavy atom. The van der Waals surface area contributed by atoms with Crippen LogP contribution in [-0.4, -0.2) is 26.9 Å². The Bertz CT molecular complexity index is 297. The first kappa shape index (κ1) is 10.7. The lowest BCUT2D eigenvalue weighted by Gasteiger charge is -2.07. The minimum atomic E-state index is 0.102. The maximum atomic E-state index is 8.85. The van der Waals surface area contributed by atoms with Crippen molar-refractivity contribution in [2.75, 3.05) is 12.3 Å². The number of nitrogens with two attached hydrogens (primary N) is 1. The standard InChI is InChI=1S/C7H10BrN3OS/c1-4(3-12)13-6-5(8)2-10-7(9)11-6/h2,4,12H,3H2,1H3,(H2,9,10,11). The molecule has 1 rings (SSSR count). The molecule has 1 unspecified atom stereocenters. The number of nitrogen functional groups attached to an aromatic ring is 1. The minimum absolute atomic E-state index is 0.102. The van der Waals surface area contributed by atoms with E-state index in [2.05, 4.69) is 25.9 Å². The topological polar surface area (TPSA) is 72.0 Å². The van der Waals surface area contributed by atoms with E-state index in [1.165, 1.54) is 11.8 Å². The maximum Gasteiger partial charge on any atom is 0.221 e. The van der Waals surface area contributed by atoms with Crippen molar-refractivity contribution < 1.29 is 5.11 Å². The van der Waals surface area contributed by atoms with Crippen molar-refractivity contribution in [2.24, 2.45) is 0 Å². The van der Waals surface area contributed by atoms with Gasteiger partial charge in [0.25, 0.3) is 0 Å². The number of thioether (sulfide) groups is 1. The third kappa shape index (κ3) is 3.13. The summed E-state index contributed by atoms with van der Waals surface area (Å²) in [4.78, 5) is 7.85. The number of hydrogen-bond donors (Lipinski definition) is 2. The van der Waals surface area contributed by atoms with Gasteiger partial charge in [0.1, 0.15) is 5.03 Å². The number of nitrogens with zero attached hydrogens (tertiary/aromatic N) is 2. The van der Waals surface area contributed by atoms with Crippen molar-refractivity contribution in [3.8, 4) is 0 Å². The number of anilines is 1. The van der Waals surface area contributed by atoms with E-state index in [1.807, 2.05) is 6.92 Å². The molecule has 0 aliphatic carbocycles. The van der Waals surface area contributed by atoms with Gasteiger partial charge in [-0.15, -0.1) is 0 Å². The van der Waals surface area contributed by atoms with Crippen molar-refractivity contribution in [1.82, 2.24) is 9.97 Å². The Kier molecular flexibility index (Phi) is 3.95. The number of aliphatic hydroxyl groups is 1. The van der Waals surface area contributed by atoms with Crippen LogP contribution in [0.25, 0.3) is 0 Å². The average Bonchev–Trinajstić information content (AvgIpc) is 2.11. The summed E-state index contributed by atoms with van der Waals surface area (Å²) in [5.74, 6) is 0.246. The van der Waals surface area contributed by atoms with Gasteiger partial charge in [0, 0.05) is 11.4 Å². The first-order valence-electron chi connectivity index (χ1n) is 3.69. The van der Waals surface area contributed by atoms with E-state index in [9.17, 15) is 0 Å². The molecule has 0 fully saturated rings. The highest BCUT2D eigenvalue weighted by Gasteiger charge is 2.08. The van der Waals surface area contributed by atoms with Gasteiger partial charge in [-0.05, 0) is 15.9 Å². The van der Waals surface area contributed by atoms with Crippen LogP contribution in [0.3, 0.4) is 0 Å². The summed E-state index contributed by atoms with van der Waals surface area (Å²) in [5, 5.41) is 9.71. The highest BCUT2D eigenvalue weighted by atomic mass is 79.9. The normalized spacial score (nSPS) is 12.8. The van der Waals surface area contributed by atoms with Crippen LogP contribution in [0.4, 0.5) is 5.95 Å². The number of aromatic nitrogens is 2. The predicted octanol–water partition coefficient (Wildman–Crippen LogP) is 1.29.